The molecule has 120 valence electrons. The number of hydrogen-bond acceptors (Lipinski definition) is 2. The molecule has 1 amide bonds. The van der Waals surface area contributed by atoms with Crippen LogP contribution in [0, 0.1) is 0 Å². The van der Waals surface area contributed by atoms with E-state index in [1.54, 1.807) is 6.08 Å². The number of rotatable bonds is 6. The van der Waals surface area contributed by atoms with E-state index in [0.717, 1.165) is 37.2 Å². The molecule has 1 N–H and O–H groups in total. The van der Waals surface area contributed by atoms with E-state index in [4.69, 9.17) is 4.74 Å². The van der Waals surface area contributed by atoms with E-state index in [0.29, 0.717) is 6.04 Å². The van der Waals surface area contributed by atoms with Crippen molar-refractivity contribution in [2.75, 3.05) is 6.61 Å². The zero-order chi connectivity index (χ0) is 15.6. The molecule has 0 unspecified atom stereocenters. The van der Waals surface area contributed by atoms with Gasteiger partial charge in [-0.3, -0.25) is 4.79 Å². The highest BCUT2D eigenvalue weighted by Crippen LogP contribution is 2.17. The third-order valence-corrected chi connectivity index (χ3v) is 3.98. The third-order valence-electron chi connectivity index (χ3n) is 3.98. The second-order valence-electron chi connectivity index (χ2n) is 5.95. The Morgan fingerprint density at radius 1 is 1.18 bits per heavy atom. The number of carbonyl (C=O) groups excluding carboxylic acids is 1. The topological polar surface area (TPSA) is 38.3 Å². The average Bonchev–Trinajstić information content (AvgIpc) is 2.80. The third kappa shape index (κ3) is 5.92. The van der Waals surface area contributed by atoms with Crippen LogP contribution in [0.4, 0.5) is 0 Å². The Bertz CT molecular complexity index is 471. The summed E-state index contributed by atoms with van der Waals surface area (Å²) < 4.78 is 5.54. The predicted octanol–water partition coefficient (Wildman–Crippen LogP) is 4.33. The Kier molecular flexibility index (Phi) is 7.01. The highest BCUT2D eigenvalue weighted by molar-refractivity contribution is 5.91. The van der Waals surface area contributed by atoms with Gasteiger partial charge >= 0.3 is 0 Å². The van der Waals surface area contributed by atoms with Crippen molar-refractivity contribution in [1.29, 1.82) is 0 Å². The number of ether oxygens (including phenoxy) is 1. The molecule has 1 aromatic rings. The van der Waals surface area contributed by atoms with Crippen molar-refractivity contribution in [2.24, 2.45) is 0 Å². The Morgan fingerprint density at radius 2 is 1.86 bits per heavy atom. The summed E-state index contributed by atoms with van der Waals surface area (Å²) in [4.78, 5) is 12.0. The number of hydrogen-bond donors (Lipinski definition) is 1. The molecule has 1 aromatic carbocycles. The van der Waals surface area contributed by atoms with Crippen LogP contribution in [0.3, 0.4) is 0 Å². The zero-order valence-electron chi connectivity index (χ0n) is 13.5. The van der Waals surface area contributed by atoms with Gasteiger partial charge in [-0.05, 0) is 43.0 Å². The Hall–Kier alpha value is -1.77. The van der Waals surface area contributed by atoms with Crippen molar-refractivity contribution < 1.29 is 9.53 Å². The lowest BCUT2D eigenvalue weighted by atomic mass is 10.1. The first-order valence-electron chi connectivity index (χ1n) is 8.49. The molecule has 0 radical (unpaired) electrons. The number of carbonyl (C=O) groups is 1. The van der Waals surface area contributed by atoms with Gasteiger partial charge < -0.3 is 10.1 Å². The largest absolute Gasteiger partial charge is 0.494 e. The molecule has 0 atom stereocenters. The van der Waals surface area contributed by atoms with Gasteiger partial charge in [0.25, 0.3) is 0 Å². The van der Waals surface area contributed by atoms with Gasteiger partial charge in [-0.2, -0.15) is 0 Å². The molecular formula is C19H27NO2. The Balaban J connectivity index is 1.81. The Morgan fingerprint density at radius 3 is 2.50 bits per heavy atom. The maximum atomic E-state index is 12.0. The van der Waals surface area contributed by atoms with E-state index in [-0.39, 0.29) is 5.91 Å². The maximum absolute atomic E-state index is 12.0. The number of nitrogens with one attached hydrogen (secondary N) is 1. The normalized spacial score (nSPS) is 16.4. The molecule has 2 rings (SSSR count). The maximum Gasteiger partial charge on any atom is 0.244 e. The molecule has 0 aromatic heterocycles. The molecule has 0 heterocycles. The summed E-state index contributed by atoms with van der Waals surface area (Å²) in [7, 11) is 0. The van der Waals surface area contributed by atoms with E-state index < -0.39 is 0 Å². The van der Waals surface area contributed by atoms with E-state index in [1.807, 2.05) is 30.3 Å². The first-order valence-corrected chi connectivity index (χ1v) is 8.49. The minimum atomic E-state index is 0.0122. The van der Waals surface area contributed by atoms with Gasteiger partial charge in [0.1, 0.15) is 5.75 Å². The molecule has 0 aliphatic heterocycles. The number of amides is 1. The molecule has 1 aliphatic rings. The minimum absolute atomic E-state index is 0.0122. The van der Waals surface area contributed by atoms with Crippen LogP contribution in [0.25, 0.3) is 6.08 Å². The van der Waals surface area contributed by atoms with Crippen LogP contribution < -0.4 is 10.1 Å². The summed E-state index contributed by atoms with van der Waals surface area (Å²) >= 11 is 0. The lowest BCUT2D eigenvalue weighted by molar-refractivity contribution is -0.117. The summed E-state index contributed by atoms with van der Waals surface area (Å²) in [5.74, 6) is 0.889. The monoisotopic (exact) mass is 301 g/mol. The van der Waals surface area contributed by atoms with Gasteiger partial charge in [-0.1, -0.05) is 44.7 Å². The van der Waals surface area contributed by atoms with Gasteiger partial charge in [0.15, 0.2) is 0 Å². The fourth-order valence-electron chi connectivity index (χ4n) is 2.74. The van der Waals surface area contributed by atoms with E-state index in [9.17, 15) is 4.79 Å². The minimum Gasteiger partial charge on any atom is -0.494 e. The predicted molar refractivity (Wildman–Crippen MR) is 90.9 cm³/mol. The molecule has 3 nitrogen and oxygen atoms in total. The van der Waals surface area contributed by atoms with Gasteiger partial charge in [-0.15, -0.1) is 0 Å². The Labute approximate surface area is 133 Å². The van der Waals surface area contributed by atoms with Crippen molar-refractivity contribution in [3.05, 3.63) is 35.9 Å². The van der Waals surface area contributed by atoms with Crippen molar-refractivity contribution in [3.8, 4) is 5.75 Å². The first kappa shape index (κ1) is 16.6. The summed E-state index contributed by atoms with van der Waals surface area (Å²) in [5.41, 5.74) is 1.01. The smallest absolute Gasteiger partial charge is 0.244 e. The van der Waals surface area contributed by atoms with Crippen molar-refractivity contribution in [1.82, 2.24) is 5.32 Å². The average molecular weight is 301 g/mol. The van der Waals surface area contributed by atoms with Crippen LogP contribution in [-0.4, -0.2) is 18.6 Å². The zero-order valence-corrected chi connectivity index (χ0v) is 13.5. The molecule has 0 spiro atoms. The molecule has 1 saturated carbocycles. The van der Waals surface area contributed by atoms with Crippen LogP contribution in [-0.2, 0) is 4.79 Å². The summed E-state index contributed by atoms with van der Waals surface area (Å²) in [6.45, 7) is 2.82. The molecule has 0 saturated heterocycles. The fraction of sp³-hybridized carbons (Fsp3) is 0.526. The van der Waals surface area contributed by atoms with Crippen molar-refractivity contribution in [3.63, 3.8) is 0 Å². The molecule has 1 aliphatic carbocycles. The highest BCUT2D eigenvalue weighted by Gasteiger charge is 2.12. The second-order valence-corrected chi connectivity index (χ2v) is 5.95. The lowest BCUT2D eigenvalue weighted by Crippen LogP contribution is -2.33. The van der Waals surface area contributed by atoms with Gasteiger partial charge in [0.05, 0.1) is 6.61 Å². The van der Waals surface area contributed by atoms with Crippen molar-refractivity contribution in [2.45, 2.75) is 57.9 Å². The number of benzene rings is 1. The van der Waals surface area contributed by atoms with Gasteiger partial charge in [-0.25, -0.2) is 0 Å². The first-order chi connectivity index (χ1) is 10.8. The molecule has 3 heteroatoms. The van der Waals surface area contributed by atoms with Crippen LogP contribution in [0.5, 0.6) is 5.75 Å². The van der Waals surface area contributed by atoms with Crippen LogP contribution in [0.2, 0.25) is 0 Å². The molecule has 1 fully saturated rings. The molecule has 22 heavy (non-hydrogen) atoms. The SMILES string of the molecule is CCCOc1ccc(/C=C/C(=O)NC2CCCCCC2)cc1. The lowest BCUT2D eigenvalue weighted by Gasteiger charge is -2.14. The summed E-state index contributed by atoms with van der Waals surface area (Å²) in [6, 6.07) is 8.18. The summed E-state index contributed by atoms with van der Waals surface area (Å²) in [6.07, 6.45) is 11.8. The molecule has 0 bridgehead atoms. The second kappa shape index (κ2) is 9.29. The standard InChI is InChI=1S/C19H27NO2/c1-2-15-22-18-12-9-16(10-13-18)11-14-19(21)20-17-7-5-3-4-6-8-17/h9-14,17H,2-8,15H2,1H3,(H,20,21)/b14-11+. The van der Waals surface area contributed by atoms with Crippen LogP contribution in [0.15, 0.2) is 30.3 Å². The van der Waals surface area contributed by atoms with Gasteiger partial charge in [0, 0.05) is 12.1 Å². The van der Waals surface area contributed by atoms with E-state index in [1.165, 1.54) is 25.7 Å². The fourth-order valence-corrected chi connectivity index (χ4v) is 2.74. The van der Waals surface area contributed by atoms with Crippen LogP contribution >= 0.6 is 0 Å². The highest BCUT2D eigenvalue weighted by atomic mass is 16.5. The molecular weight excluding hydrogens is 274 g/mol. The van der Waals surface area contributed by atoms with Crippen molar-refractivity contribution >= 4 is 12.0 Å². The summed E-state index contributed by atoms with van der Waals surface area (Å²) in [5, 5.41) is 3.12. The quantitative estimate of drug-likeness (QED) is 0.627. The van der Waals surface area contributed by atoms with E-state index >= 15 is 0 Å². The van der Waals surface area contributed by atoms with E-state index in [2.05, 4.69) is 12.2 Å². The van der Waals surface area contributed by atoms with Crippen LogP contribution in [0.1, 0.15) is 57.4 Å². The van der Waals surface area contributed by atoms with Gasteiger partial charge in [0.2, 0.25) is 5.91 Å².